The van der Waals surface area contributed by atoms with Crippen LogP contribution >= 0.6 is 11.8 Å². The van der Waals surface area contributed by atoms with Gasteiger partial charge in [-0.2, -0.15) is 0 Å². The van der Waals surface area contributed by atoms with Crippen molar-refractivity contribution in [3.05, 3.63) is 67.2 Å². The molecular weight excluding hydrogens is 378 g/mol. The second kappa shape index (κ2) is 8.05. The van der Waals surface area contributed by atoms with E-state index in [4.69, 9.17) is 9.15 Å². The summed E-state index contributed by atoms with van der Waals surface area (Å²) in [6.07, 6.45) is 5.32. The standard InChI is InChI=1S/C19H17N5O3S/c1-26-15-8-3-2-7-14(15)20-17(25)13-28-19-22-21-18(16-9-6-12-27-16)24(19)23-10-4-5-11-23/h2-12H,13H2,1H3,(H,20,25). The molecule has 0 saturated carbocycles. The van der Waals surface area contributed by atoms with Crippen LogP contribution in [0.1, 0.15) is 0 Å². The molecule has 0 unspecified atom stereocenters. The molecule has 4 aromatic rings. The van der Waals surface area contributed by atoms with E-state index in [1.807, 2.05) is 47.4 Å². The minimum absolute atomic E-state index is 0.162. The summed E-state index contributed by atoms with van der Waals surface area (Å²) in [5, 5.41) is 11.9. The summed E-state index contributed by atoms with van der Waals surface area (Å²) in [7, 11) is 1.56. The number of ether oxygens (including phenoxy) is 1. The maximum atomic E-state index is 12.4. The molecule has 0 aliphatic carbocycles. The highest BCUT2D eigenvalue weighted by molar-refractivity contribution is 7.99. The van der Waals surface area contributed by atoms with Gasteiger partial charge in [0.15, 0.2) is 5.76 Å². The normalized spacial score (nSPS) is 10.8. The number of hydrogen-bond acceptors (Lipinski definition) is 6. The Labute approximate surface area is 165 Å². The predicted molar refractivity (Wildman–Crippen MR) is 105 cm³/mol. The number of furan rings is 1. The molecule has 142 valence electrons. The van der Waals surface area contributed by atoms with Gasteiger partial charge >= 0.3 is 0 Å². The smallest absolute Gasteiger partial charge is 0.234 e. The molecule has 0 spiro atoms. The number of aromatic nitrogens is 4. The molecule has 8 nitrogen and oxygen atoms in total. The number of carbonyl (C=O) groups is 1. The molecule has 4 rings (SSSR count). The molecule has 3 aromatic heterocycles. The third kappa shape index (κ3) is 3.65. The Hall–Kier alpha value is -3.46. The third-order valence-electron chi connectivity index (χ3n) is 3.89. The van der Waals surface area contributed by atoms with Crippen molar-refractivity contribution >= 4 is 23.4 Å². The second-order valence-electron chi connectivity index (χ2n) is 5.70. The first-order chi connectivity index (χ1) is 13.8. The van der Waals surface area contributed by atoms with E-state index in [0.29, 0.717) is 28.2 Å². The maximum Gasteiger partial charge on any atom is 0.234 e. The Morgan fingerprint density at radius 1 is 1.14 bits per heavy atom. The van der Waals surface area contributed by atoms with Crippen LogP contribution in [0.2, 0.25) is 0 Å². The number of thioether (sulfide) groups is 1. The van der Waals surface area contributed by atoms with Crippen LogP contribution in [-0.2, 0) is 4.79 Å². The predicted octanol–water partition coefficient (Wildman–Crippen LogP) is 3.39. The molecule has 0 saturated heterocycles. The van der Waals surface area contributed by atoms with Gasteiger partial charge in [0.05, 0.1) is 24.8 Å². The summed E-state index contributed by atoms with van der Waals surface area (Å²) in [6.45, 7) is 0. The molecule has 9 heteroatoms. The number of nitrogens with zero attached hydrogens (tertiary/aromatic N) is 4. The van der Waals surface area contributed by atoms with E-state index in [1.54, 1.807) is 36.2 Å². The molecule has 0 atom stereocenters. The molecule has 1 amide bonds. The van der Waals surface area contributed by atoms with Crippen molar-refractivity contribution in [3.63, 3.8) is 0 Å². The van der Waals surface area contributed by atoms with Gasteiger partial charge in [-0.3, -0.25) is 9.47 Å². The largest absolute Gasteiger partial charge is 0.495 e. The summed E-state index contributed by atoms with van der Waals surface area (Å²) >= 11 is 1.28. The zero-order valence-corrected chi connectivity index (χ0v) is 15.8. The zero-order chi connectivity index (χ0) is 19.3. The Kier molecular flexibility index (Phi) is 5.16. The van der Waals surface area contributed by atoms with Gasteiger partial charge in [-0.25, -0.2) is 4.68 Å². The number of carbonyl (C=O) groups excluding carboxylic acids is 1. The first kappa shape index (κ1) is 17.9. The number of rotatable bonds is 7. The summed E-state index contributed by atoms with van der Waals surface area (Å²) in [5.41, 5.74) is 0.624. The van der Waals surface area contributed by atoms with Gasteiger partial charge in [-0.15, -0.1) is 10.2 Å². The lowest BCUT2D eigenvalue weighted by Crippen LogP contribution is -2.16. The van der Waals surface area contributed by atoms with E-state index in [2.05, 4.69) is 15.5 Å². The number of amides is 1. The number of nitrogens with one attached hydrogen (secondary N) is 1. The Morgan fingerprint density at radius 3 is 2.71 bits per heavy atom. The van der Waals surface area contributed by atoms with E-state index in [-0.39, 0.29) is 11.7 Å². The third-order valence-corrected chi connectivity index (χ3v) is 4.81. The quantitative estimate of drug-likeness (QED) is 0.483. The van der Waals surface area contributed by atoms with Gasteiger partial charge in [0.1, 0.15) is 5.75 Å². The summed E-state index contributed by atoms with van der Waals surface area (Å²) < 4.78 is 14.3. The van der Waals surface area contributed by atoms with Crippen LogP contribution in [0.5, 0.6) is 5.75 Å². The number of benzene rings is 1. The van der Waals surface area contributed by atoms with Gasteiger partial charge in [-0.1, -0.05) is 23.9 Å². The van der Waals surface area contributed by atoms with Gasteiger partial charge in [-0.05, 0) is 36.4 Å². The van der Waals surface area contributed by atoms with E-state index >= 15 is 0 Å². The van der Waals surface area contributed by atoms with E-state index in [1.165, 1.54) is 11.8 Å². The molecule has 0 bridgehead atoms. The maximum absolute atomic E-state index is 12.4. The summed E-state index contributed by atoms with van der Waals surface area (Å²) in [4.78, 5) is 12.4. The summed E-state index contributed by atoms with van der Waals surface area (Å²) in [6, 6.07) is 14.7. The number of anilines is 1. The van der Waals surface area contributed by atoms with Crippen LogP contribution in [0, 0.1) is 0 Å². The van der Waals surface area contributed by atoms with Crippen LogP contribution in [0.15, 0.2) is 76.8 Å². The van der Waals surface area contributed by atoms with Crippen molar-refractivity contribution in [2.75, 3.05) is 18.2 Å². The topological polar surface area (TPSA) is 87.1 Å². The van der Waals surface area contributed by atoms with Crippen molar-refractivity contribution < 1.29 is 13.9 Å². The molecular formula is C19H17N5O3S. The van der Waals surface area contributed by atoms with E-state index in [0.717, 1.165) is 0 Å². The van der Waals surface area contributed by atoms with Gasteiger partial charge < -0.3 is 14.5 Å². The van der Waals surface area contributed by atoms with Crippen LogP contribution in [0.25, 0.3) is 11.6 Å². The lowest BCUT2D eigenvalue weighted by molar-refractivity contribution is -0.113. The molecule has 1 aromatic carbocycles. The molecule has 0 aliphatic rings. The molecule has 28 heavy (non-hydrogen) atoms. The van der Waals surface area contributed by atoms with Gasteiger partial charge in [0.25, 0.3) is 0 Å². The summed E-state index contributed by atoms with van der Waals surface area (Å²) in [5.74, 6) is 1.74. The highest BCUT2D eigenvalue weighted by Gasteiger charge is 2.19. The minimum Gasteiger partial charge on any atom is -0.495 e. The zero-order valence-electron chi connectivity index (χ0n) is 15.0. The van der Waals surface area contributed by atoms with Gasteiger partial charge in [0.2, 0.25) is 16.9 Å². The van der Waals surface area contributed by atoms with Crippen LogP contribution in [0.4, 0.5) is 5.69 Å². The van der Waals surface area contributed by atoms with Crippen molar-refractivity contribution in [2.45, 2.75) is 5.16 Å². The second-order valence-corrected chi connectivity index (χ2v) is 6.64. The van der Waals surface area contributed by atoms with Crippen molar-refractivity contribution in [1.82, 2.24) is 19.5 Å². The highest BCUT2D eigenvalue weighted by Crippen LogP contribution is 2.26. The number of methoxy groups -OCH3 is 1. The van der Waals surface area contributed by atoms with E-state index in [9.17, 15) is 4.79 Å². The molecule has 0 fully saturated rings. The lowest BCUT2D eigenvalue weighted by Gasteiger charge is -2.11. The van der Waals surface area contributed by atoms with Crippen LogP contribution in [0.3, 0.4) is 0 Å². The highest BCUT2D eigenvalue weighted by atomic mass is 32.2. The monoisotopic (exact) mass is 395 g/mol. The first-order valence-corrected chi connectivity index (χ1v) is 9.43. The number of para-hydroxylation sites is 2. The van der Waals surface area contributed by atoms with Crippen molar-refractivity contribution in [1.29, 1.82) is 0 Å². The fourth-order valence-corrected chi connectivity index (χ4v) is 3.38. The Bertz CT molecular complexity index is 1060. The Morgan fingerprint density at radius 2 is 1.96 bits per heavy atom. The van der Waals surface area contributed by atoms with Crippen LogP contribution in [-0.4, -0.2) is 38.3 Å². The average Bonchev–Trinajstić information content (AvgIpc) is 3.47. The first-order valence-electron chi connectivity index (χ1n) is 8.45. The molecule has 1 N–H and O–H groups in total. The van der Waals surface area contributed by atoms with Crippen molar-refractivity contribution in [3.8, 4) is 17.3 Å². The molecule has 0 aliphatic heterocycles. The SMILES string of the molecule is COc1ccccc1NC(=O)CSc1nnc(-c2ccco2)n1-n1cccc1. The molecule has 3 heterocycles. The van der Waals surface area contributed by atoms with Crippen molar-refractivity contribution in [2.24, 2.45) is 0 Å². The van der Waals surface area contributed by atoms with Crippen LogP contribution < -0.4 is 10.1 Å². The fourth-order valence-electron chi connectivity index (χ4n) is 2.65. The van der Waals surface area contributed by atoms with Gasteiger partial charge in [0, 0.05) is 12.4 Å². The lowest BCUT2D eigenvalue weighted by atomic mass is 10.3. The Balaban J connectivity index is 1.53. The van der Waals surface area contributed by atoms with E-state index < -0.39 is 0 Å². The molecule has 0 radical (unpaired) electrons. The number of hydrogen-bond donors (Lipinski definition) is 1. The minimum atomic E-state index is -0.170. The average molecular weight is 395 g/mol. The fraction of sp³-hybridized carbons (Fsp3) is 0.105.